The highest BCUT2D eigenvalue weighted by atomic mass is 16.5. The van der Waals surface area contributed by atoms with Crippen molar-refractivity contribution in [3.8, 4) is 16.9 Å². The van der Waals surface area contributed by atoms with Crippen molar-refractivity contribution >= 4 is 12.0 Å². The van der Waals surface area contributed by atoms with E-state index in [0.717, 1.165) is 16.9 Å². The molecule has 0 aliphatic heterocycles. The Morgan fingerprint density at radius 3 is 2.33 bits per heavy atom. The molecule has 2 aromatic carbocycles. The van der Waals surface area contributed by atoms with Crippen LogP contribution < -0.4 is 15.4 Å². The summed E-state index contributed by atoms with van der Waals surface area (Å²) in [6.45, 7) is 4.35. The maximum Gasteiger partial charge on any atom is 0.407 e. The van der Waals surface area contributed by atoms with E-state index in [0.29, 0.717) is 13.2 Å². The zero-order chi connectivity index (χ0) is 19.6. The van der Waals surface area contributed by atoms with Crippen molar-refractivity contribution in [3.05, 3.63) is 54.6 Å². The van der Waals surface area contributed by atoms with E-state index >= 15 is 0 Å². The number of benzene rings is 2. The SMILES string of the molecule is COC(=O)NC(C(=O)NCCOc1ccccc1-c1ccccc1)C(C)C. The smallest absolute Gasteiger partial charge is 0.407 e. The van der Waals surface area contributed by atoms with Gasteiger partial charge in [-0.3, -0.25) is 4.79 Å². The van der Waals surface area contributed by atoms with Crippen LogP contribution in [-0.4, -0.2) is 38.3 Å². The van der Waals surface area contributed by atoms with Crippen molar-refractivity contribution in [1.29, 1.82) is 0 Å². The van der Waals surface area contributed by atoms with Gasteiger partial charge in [0, 0.05) is 5.56 Å². The Bertz CT molecular complexity index is 747. The monoisotopic (exact) mass is 370 g/mol. The first kappa shape index (κ1) is 20.3. The molecule has 1 atom stereocenters. The van der Waals surface area contributed by atoms with Crippen LogP contribution in [0.1, 0.15) is 13.8 Å². The average molecular weight is 370 g/mol. The number of hydrogen-bond acceptors (Lipinski definition) is 4. The van der Waals surface area contributed by atoms with Gasteiger partial charge in [0.25, 0.3) is 0 Å². The summed E-state index contributed by atoms with van der Waals surface area (Å²) in [5.41, 5.74) is 2.07. The summed E-state index contributed by atoms with van der Waals surface area (Å²) in [7, 11) is 1.27. The summed E-state index contributed by atoms with van der Waals surface area (Å²) in [4.78, 5) is 23.7. The van der Waals surface area contributed by atoms with Gasteiger partial charge in [-0.1, -0.05) is 62.4 Å². The molecular weight excluding hydrogens is 344 g/mol. The average Bonchev–Trinajstić information content (AvgIpc) is 2.69. The Morgan fingerprint density at radius 2 is 1.67 bits per heavy atom. The Hall–Kier alpha value is -3.02. The van der Waals surface area contributed by atoms with Crippen molar-refractivity contribution < 1.29 is 19.1 Å². The van der Waals surface area contributed by atoms with Crippen LogP contribution in [0.15, 0.2) is 54.6 Å². The van der Waals surface area contributed by atoms with Crippen molar-refractivity contribution in [3.63, 3.8) is 0 Å². The van der Waals surface area contributed by atoms with E-state index in [-0.39, 0.29) is 11.8 Å². The number of amides is 2. The van der Waals surface area contributed by atoms with E-state index in [4.69, 9.17) is 4.74 Å². The summed E-state index contributed by atoms with van der Waals surface area (Å²) >= 11 is 0. The van der Waals surface area contributed by atoms with Gasteiger partial charge in [-0.25, -0.2) is 4.79 Å². The van der Waals surface area contributed by atoms with Crippen LogP contribution in [0.25, 0.3) is 11.1 Å². The molecule has 0 bridgehead atoms. The van der Waals surface area contributed by atoms with Gasteiger partial charge < -0.3 is 20.1 Å². The summed E-state index contributed by atoms with van der Waals surface area (Å²) in [6.07, 6.45) is -0.628. The molecule has 0 spiro atoms. The van der Waals surface area contributed by atoms with Crippen LogP contribution in [0.5, 0.6) is 5.75 Å². The summed E-state index contributed by atoms with van der Waals surface area (Å²) in [6, 6.07) is 17.1. The number of carbonyl (C=O) groups excluding carboxylic acids is 2. The molecule has 0 aliphatic rings. The topological polar surface area (TPSA) is 76.7 Å². The molecular formula is C21H26N2O4. The number of carbonyl (C=O) groups is 2. The molecule has 6 heteroatoms. The normalized spacial score (nSPS) is 11.6. The number of hydrogen-bond donors (Lipinski definition) is 2. The predicted octanol–water partition coefficient (Wildman–Crippen LogP) is 3.23. The molecule has 27 heavy (non-hydrogen) atoms. The molecule has 144 valence electrons. The first-order valence-corrected chi connectivity index (χ1v) is 8.92. The Balaban J connectivity index is 1.90. The molecule has 0 heterocycles. The number of ether oxygens (including phenoxy) is 2. The number of nitrogens with one attached hydrogen (secondary N) is 2. The first-order chi connectivity index (χ1) is 13.0. The van der Waals surface area contributed by atoms with E-state index in [9.17, 15) is 9.59 Å². The van der Waals surface area contributed by atoms with Gasteiger partial charge in [0.15, 0.2) is 0 Å². The van der Waals surface area contributed by atoms with Crippen molar-refractivity contribution in [1.82, 2.24) is 10.6 Å². The molecule has 2 amide bonds. The highest BCUT2D eigenvalue weighted by Crippen LogP contribution is 2.29. The molecule has 0 aromatic heterocycles. The number of alkyl carbamates (subject to hydrolysis) is 1. The van der Waals surface area contributed by atoms with Gasteiger partial charge in [0.1, 0.15) is 18.4 Å². The third kappa shape index (κ3) is 6.02. The fraction of sp³-hybridized carbons (Fsp3) is 0.333. The minimum Gasteiger partial charge on any atom is -0.491 e. The third-order valence-electron chi connectivity index (χ3n) is 4.04. The Kier molecular flexibility index (Phi) is 7.67. The van der Waals surface area contributed by atoms with Gasteiger partial charge in [-0.05, 0) is 17.5 Å². The van der Waals surface area contributed by atoms with Crippen molar-refractivity contribution in [2.24, 2.45) is 5.92 Å². The van der Waals surface area contributed by atoms with E-state index in [1.165, 1.54) is 7.11 Å². The molecule has 0 saturated carbocycles. The van der Waals surface area contributed by atoms with Crippen LogP contribution in [0.2, 0.25) is 0 Å². The van der Waals surface area contributed by atoms with Crippen LogP contribution in [0, 0.1) is 5.92 Å². The summed E-state index contributed by atoms with van der Waals surface area (Å²) < 4.78 is 10.4. The van der Waals surface area contributed by atoms with E-state index in [1.807, 2.05) is 68.4 Å². The van der Waals surface area contributed by atoms with Crippen LogP contribution >= 0.6 is 0 Å². The maximum absolute atomic E-state index is 12.3. The minimum absolute atomic E-state index is 0.0659. The van der Waals surface area contributed by atoms with Gasteiger partial charge >= 0.3 is 6.09 Å². The standard InChI is InChI=1S/C21H26N2O4/c1-15(2)19(23-21(25)26-3)20(24)22-13-14-27-18-12-8-7-11-17(18)16-9-5-4-6-10-16/h4-12,15,19H,13-14H2,1-3H3,(H,22,24)(H,23,25). The van der Waals surface area contributed by atoms with Gasteiger partial charge in [0.2, 0.25) is 5.91 Å². The zero-order valence-corrected chi connectivity index (χ0v) is 15.9. The predicted molar refractivity (Wildman–Crippen MR) is 105 cm³/mol. The number of para-hydroxylation sites is 1. The van der Waals surface area contributed by atoms with Gasteiger partial charge in [-0.15, -0.1) is 0 Å². The first-order valence-electron chi connectivity index (χ1n) is 8.92. The van der Waals surface area contributed by atoms with Crippen LogP contribution in [0.4, 0.5) is 4.79 Å². The fourth-order valence-electron chi connectivity index (χ4n) is 2.61. The molecule has 1 unspecified atom stereocenters. The lowest BCUT2D eigenvalue weighted by Gasteiger charge is -2.21. The van der Waals surface area contributed by atoms with E-state index < -0.39 is 12.1 Å². The second kappa shape index (κ2) is 10.2. The molecule has 0 saturated heterocycles. The second-order valence-corrected chi connectivity index (χ2v) is 6.36. The second-order valence-electron chi connectivity index (χ2n) is 6.36. The van der Waals surface area contributed by atoms with Gasteiger partial charge in [0.05, 0.1) is 13.7 Å². The lowest BCUT2D eigenvalue weighted by atomic mass is 10.0. The Morgan fingerprint density at radius 1 is 1.00 bits per heavy atom. The highest BCUT2D eigenvalue weighted by molar-refractivity contribution is 5.85. The molecule has 2 rings (SSSR count). The van der Waals surface area contributed by atoms with E-state index in [2.05, 4.69) is 15.4 Å². The molecule has 2 aromatic rings. The lowest BCUT2D eigenvalue weighted by Crippen LogP contribution is -2.50. The van der Waals surface area contributed by atoms with Crippen LogP contribution in [-0.2, 0) is 9.53 Å². The Labute approximate surface area is 159 Å². The highest BCUT2D eigenvalue weighted by Gasteiger charge is 2.24. The molecule has 6 nitrogen and oxygen atoms in total. The number of methoxy groups -OCH3 is 1. The third-order valence-corrected chi connectivity index (χ3v) is 4.04. The molecule has 2 N–H and O–H groups in total. The van der Waals surface area contributed by atoms with Gasteiger partial charge in [-0.2, -0.15) is 0 Å². The maximum atomic E-state index is 12.3. The minimum atomic E-state index is -0.658. The van der Waals surface area contributed by atoms with Crippen molar-refractivity contribution in [2.45, 2.75) is 19.9 Å². The summed E-state index contributed by atoms with van der Waals surface area (Å²) in [5, 5.41) is 5.33. The number of rotatable bonds is 8. The fourth-order valence-corrected chi connectivity index (χ4v) is 2.61. The largest absolute Gasteiger partial charge is 0.491 e. The summed E-state index contributed by atoms with van der Waals surface area (Å²) in [5.74, 6) is 0.421. The van der Waals surface area contributed by atoms with E-state index in [1.54, 1.807) is 0 Å². The van der Waals surface area contributed by atoms with Crippen LogP contribution in [0.3, 0.4) is 0 Å². The van der Waals surface area contributed by atoms with Crippen molar-refractivity contribution in [2.75, 3.05) is 20.3 Å². The molecule has 0 radical (unpaired) electrons. The zero-order valence-electron chi connectivity index (χ0n) is 15.9. The molecule has 0 fully saturated rings. The lowest BCUT2D eigenvalue weighted by molar-refractivity contribution is -0.124. The molecule has 0 aliphatic carbocycles. The quantitative estimate of drug-likeness (QED) is 0.700.